The van der Waals surface area contributed by atoms with Gasteiger partial charge in [-0.25, -0.2) is 4.39 Å². The van der Waals surface area contributed by atoms with Crippen molar-refractivity contribution >= 4 is 46.8 Å². The van der Waals surface area contributed by atoms with Crippen molar-refractivity contribution in [3.8, 4) is 0 Å². The second kappa shape index (κ2) is 15.0. The highest BCUT2D eigenvalue weighted by atomic mass is 35.5. The first-order valence-electron chi connectivity index (χ1n) is 12.2. The van der Waals surface area contributed by atoms with Crippen molar-refractivity contribution in [1.82, 2.24) is 10.2 Å². The summed E-state index contributed by atoms with van der Waals surface area (Å²) >= 11 is 13.9. The van der Waals surface area contributed by atoms with Crippen LogP contribution in [0.3, 0.4) is 0 Å². The van der Waals surface area contributed by atoms with E-state index in [2.05, 4.69) is 12.2 Å². The molecule has 0 fully saturated rings. The maximum Gasteiger partial charge on any atom is 0.243 e. The fourth-order valence-corrected chi connectivity index (χ4v) is 5.21. The lowest BCUT2D eigenvalue weighted by atomic mass is 10.0. The molecule has 37 heavy (non-hydrogen) atoms. The number of thioether (sulfide) groups is 1. The fourth-order valence-electron chi connectivity index (χ4n) is 3.84. The average molecular weight is 562 g/mol. The largest absolute Gasteiger partial charge is 0.354 e. The maximum atomic E-state index is 14.1. The number of halogens is 3. The van der Waals surface area contributed by atoms with E-state index in [0.29, 0.717) is 39.9 Å². The zero-order chi connectivity index (χ0) is 26.6. The summed E-state index contributed by atoms with van der Waals surface area (Å²) in [5.74, 6) is -0.300. The van der Waals surface area contributed by atoms with E-state index in [-0.39, 0.29) is 29.9 Å². The minimum atomic E-state index is -0.743. The Hall–Kier alpha value is -2.54. The molecule has 1 atom stereocenters. The molecule has 1 unspecified atom stereocenters. The first kappa shape index (κ1) is 29.0. The van der Waals surface area contributed by atoms with Gasteiger partial charge in [-0.05, 0) is 41.3 Å². The van der Waals surface area contributed by atoms with E-state index >= 15 is 0 Å². The van der Waals surface area contributed by atoms with Gasteiger partial charge in [0.25, 0.3) is 0 Å². The van der Waals surface area contributed by atoms with Crippen molar-refractivity contribution in [3.05, 3.63) is 105 Å². The van der Waals surface area contributed by atoms with Crippen molar-refractivity contribution in [2.45, 2.75) is 44.5 Å². The van der Waals surface area contributed by atoms with E-state index in [9.17, 15) is 14.0 Å². The molecule has 0 saturated heterocycles. The number of nitrogens with zero attached hydrogens (tertiary/aromatic N) is 1. The molecular formula is C29H31Cl2FN2O2S. The minimum absolute atomic E-state index is 0.0903. The Morgan fingerprint density at radius 1 is 1.00 bits per heavy atom. The number of nitrogens with one attached hydrogen (secondary N) is 1. The summed E-state index contributed by atoms with van der Waals surface area (Å²) in [5.41, 5.74) is 2.17. The Balaban J connectivity index is 1.87. The predicted octanol–water partition coefficient (Wildman–Crippen LogP) is 6.92. The van der Waals surface area contributed by atoms with Crippen LogP contribution < -0.4 is 5.32 Å². The number of unbranched alkanes of at least 4 members (excludes halogenated alkanes) is 1. The second-order valence-electron chi connectivity index (χ2n) is 8.69. The molecule has 0 aliphatic heterocycles. The highest BCUT2D eigenvalue weighted by Gasteiger charge is 2.30. The van der Waals surface area contributed by atoms with Crippen LogP contribution >= 0.6 is 35.0 Å². The summed E-state index contributed by atoms with van der Waals surface area (Å²) < 4.78 is 14.1. The third-order valence-electron chi connectivity index (χ3n) is 5.90. The summed E-state index contributed by atoms with van der Waals surface area (Å²) in [6.45, 7) is 2.74. The molecule has 0 aliphatic rings. The van der Waals surface area contributed by atoms with E-state index in [4.69, 9.17) is 23.2 Å². The molecule has 1 N–H and O–H groups in total. The van der Waals surface area contributed by atoms with Gasteiger partial charge in [0.1, 0.15) is 11.9 Å². The Morgan fingerprint density at radius 3 is 2.43 bits per heavy atom. The zero-order valence-electron chi connectivity index (χ0n) is 20.8. The molecule has 0 aromatic heterocycles. The van der Waals surface area contributed by atoms with Crippen LogP contribution in [0.2, 0.25) is 10.0 Å². The monoisotopic (exact) mass is 560 g/mol. The quantitative estimate of drug-likeness (QED) is 0.231. The fraction of sp³-hybridized carbons (Fsp3) is 0.310. The second-order valence-corrected chi connectivity index (χ2v) is 10.5. The molecular weight excluding hydrogens is 530 g/mol. The summed E-state index contributed by atoms with van der Waals surface area (Å²) in [6.07, 6.45) is 2.15. The summed E-state index contributed by atoms with van der Waals surface area (Å²) in [7, 11) is 0. The summed E-state index contributed by atoms with van der Waals surface area (Å²) in [5, 5.41) is 3.91. The predicted molar refractivity (Wildman–Crippen MR) is 151 cm³/mol. The van der Waals surface area contributed by atoms with Crippen LogP contribution in [-0.4, -0.2) is 35.1 Å². The van der Waals surface area contributed by atoms with Gasteiger partial charge in [-0.2, -0.15) is 0 Å². The molecule has 8 heteroatoms. The molecule has 3 aromatic carbocycles. The Morgan fingerprint density at radius 2 is 1.73 bits per heavy atom. The molecule has 0 radical (unpaired) electrons. The Kier molecular flexibility index (Phi) is 11.8. The topological polar surface area (TPSA) is 49.4 Å². The highest BCUT2D eigenvalue weighted by molar-refractivity contribution is 7.99. The van der Waals surface area contributed by atoms with Crippen molar-refractivity contribution < 1.29 is 14.0 Å². The molecule has 0 aliphatic carbocycles. The van der Waals surface area contributed by atoms with Gasteiger partial charge in [0.2, 0.25) is 11.8 Å². The normalized spacial score (nSPS) is 11.7. The van der Waals surface area contributed by atoms with Crippen LogP contribution in [0.4, 0.5) is 4.39 Å². The van der Waals surface area contributed by atoms with Crippen LogP contribution in [0, 0.1) is 5.82 Å². The number of benzene rings is 3. The lowest BCUT2D eigenvalue weighted by Crippen LogP contribution is -2.51. The van der Waals surface area contributed by atoms with Gasteiger partial charge in [-0.3, -0.25) is 9.59 Å². The molecule has 3 aromatic rings. The molecule has 4 nitrogen and oxygen atoms in total. The highest BCUT2D eigenvalue weighted by Crippen LogP contribution is 2.25. The maximum absolute atomic E-state index is 14.1. The van der Waals surface area contributed by atoms with Gasteiger partial charge in [-0.1, -0.05) is 91.1 Å². The van der Waals surface area contributed by atoms with E-state index in [1.165, 1.54) is 17.8 Å². The molecule has 0 saturated carbocycles. The van der Waals surface area contributed by atoms with Gasteiger partial charge in [-0.15, -0.1) is 11.8 Å². The Labute approximate surface area is 232 Å². The SMILES string of the molecule is CCCCNC(=O)C(Cc1ccccc1)N(Cc1ccc(Cl)cc1Cl)C(=O)CSCc1ccccc1F. The number of carbonyl (C=O) groups excluding carboxylic acids is 2. The van der Waals surface area contributed by atoms with Gasteiger partial charge in [0, 0.05) is 35.3 Å². The van der Waals surface area contributed by atoms with Gasteiger partial charge < -0.3 is 10.2 Å². The molecule has 0 heterocycles. The molecule has 0 bridgehead atoms. The number of hydrogen-bond donors (Lipinski definition) is 1. The van der Waals surface area contributed by atoms with Gasteiger partial charge in [0.05, 0.1) is 5.75 Å². The van der Waals surface area contributed by atoms with Crippen LogP contribution in [0.15, 0.2) is 72.8 Å². The summed E-state index contributed by atoms with van der Waals surface area (Å²) in [6, 6.07) is 20.5. The molecule has 196 valence electrons. The molecule has 0 spiro atoms. The molecule has 2 amide bonds. The lowest BCUT2D eigenvalue weighted by Gasteiger charge is -2.32. The first-order valence-corrected chi connectivity index (χ1v) is 14.2. The van der Waals surface area contributed by atoms with E-state index < -0.39 is 6.04 Å². The van der Waals surface area contributed by atoms with Crippen LogP contribution in [0.5, 0.6) is 0 Å². The lowest BCUT2D eigenvalue weighted by molar-refractivity contribution is -0.139. The van der Waals surface area contributed by atoms with Crippen molar-refractivity contribution in [3.63, 3.8) is 0 Å². The Bertz CT molecular complexity index is 1180. The average Bonchev–Trinajstić information content (AvgIpc) is 2.89. The van der Waals surface area contributed by atoms with E-state index in [1.807, 2.05) is 30.3 Å². The van der Waals surface area contributed by atoms with Crippen molar-refractivity contribution in [1.29, 1.82) is 0 Å². The zero-order valence-corrected chi connectivity index (χ0v) is 23.1. The first-order chi connectivity index (χ1) is 17.9. The third kappa shape index (κ3) is 9.06. The van der Waals surface area contributed by atoms with E-state index in [1.54, 1.807) is 41.3 Å². The number of rotatable bonds is 13. The van der Waals surface area contributed by atoms with Crippen molar-refractivity contribution in [2.75, 3.05) is 12.3 Å². The third-order valence-corrected chi connectivity index (χ3v) is 7.45. The van der Waals surface area contributed by atoms with Crippen molar-refractivity contribution in [2.24, 2.45) is 0 Å². The van der Waals surface area contributed by atoms with Crippen LogP contribution in [0.25, 0.3) is 0 Å². The van der Waals surface area contributed by atoms with E-state index in [0.717, 1.165) is 18.4 Å². The number of amides is 2. The summed E-state index contributed by atoms with van der Waals surface area (Å²) in [4.78, 5) is 28.6. The minimum Gasteiger partial charge on any atom is -0.354 e. The van der Waals surface area contributed by atoms with Gasteiger partial charge in [0.15, 0.2) is 0 Å². The molecule has 3 rings (SSSR count). The number of carbonyl (C=O) groups is 2. The van der Waals surface area contributed by atoms with Gasteiger partial charge >= 0.3 is 0 Å². The standard InChI is InChI=1S/C29H31Cl2FN2O2S/c1-2-3-15-33-29(36)27(16-21-9-5-4-6-10-21)34(18-22-13-14-24(30)17-25(22)31)28(35)20-37-19-23-11-7-8-12-26(23)32/h4-14,17,27H,2-3,15-16,18-20H2,1H3,(H,33,36). The number of hydrogen-bond acceptors (Lipinski definition) is 3. The van der Waals surface area contributed by atoms with Crippen LogP contribution in [-0.2, 0) is 28.3 Å². The van der Waals surface area contributed by atoms with Crippen LogP contribution in [0.1, 0.15) is 36.5 Å². The smallest absolute Gasteiger partial charge is 0.243 e.